The van der Waals surface area contributed by atoms with Crippen LogP contribution >= 0.6 is 0 Å². The Bertz CT molecular complexity index is 205. The van der Waals surface area contributed by atoms with E-state index >= 15 is 0 Å². The van der Waals surface area contributed by atoms with Gasteiger partial charge in [0.15, 0.2) is 6.29 Å². The molecule has 66 valence electrons. The van der Waals surface area contributed by atoms with Gasteiger partial charge in [-0.2, -0.15) is 5.26 Å². The molecule has 1 aliphatic heterocycles. The van der Waals surface area contributed by atoms with E-state index in [2.05, 4.69) is 13.8 Å². The Hall–Kier alpha value is -0.850. The summed E-state index contributed by atoms with van der Waals surface area (Å²) in [6.07, 6.45) is 2.66. The number of hydrogen-bond donors (Lipinski definition) is 0. The van der Waals surface area contributed by atoms with Crippen LogP contribution in [-0.2, 0) is 9.47 Å². The highest BCUT2D eigenvalue weighted by Gasteiger charge is 2.26. The number of allylic oxidation sites excluding steroid dienone is 1. The second-order valence-electron chi connectivity index (χ2n) is 3.64. The van der Waals surface area contributed by atoms with Gasteiger partial charge in [-0.15, -0.1) is 0 Å². The van der Waals surface area contributed by atoms with Gasteiger partial charge in [0.05, 0.1) is 19.3 Å². The molecule has 1 fully saturated rings. The normalized spacial score (nSPS) is 24.1. The fraction of sp³-hybridized carbons (Fsp3) is 0.667. The van der Waals surface area contributed by atoms with Gasteiger partial charge >= 0.3 is 0 Å². The van der Waals surface area contributed by atoms with Gasteiger partial charge in [0.25, 0.3) is 0 Å². The Morgan fingerprint density at radius 1 is 1.42 bits per heavy atom. The predicted octanol–water partition coefficient (Wildman–Crippen LogP) is 1.47. The summed E-state index contributed by atoms with van der Waals surface area (Å²) in [6.45, 7) is 5.51. The summed E-state index contributed by atoms with van der Waals surface area (Å²) >= 11 is 0. The molecule has 0 radical (unpaired) electrons. The molecule has 0 aliphatic carbocycles. The van der Waals surface area contributed by atoms with Crippen molar-refractivity contribution in [2.24, 2.45) is 5.41 Å². The molecule has 0 N–H and O–H groups in total. The quantitative estimate of drug-likeness (QED) is 0.555. The van der Waals surface area contributed by atoms with Gasteiger partial charge < -0.3 is 9.47 Å². The maximum Gasteiger partial charge on any atom is 0.177 e. The van der Waals surface area contributed by atoms with Gasteiger partial charge in [-0.25, -0.2) is 0 Å². The first-order valence-corrected chi connectivity index (χ1v) is 3.93. The van der Waals surface area contributed by atoms with Crippen molar-refractivity contribution in [2.45, 2.75) is 20.1 Å². The van der Waals surface area contributed by atoms with Crippen LogP contribution in [0, 0.1) is 16.7 Å². The van der Waals surface area contributed by atoms with E-state index in [9.17, 15) is 0 Å². The average molecular weight is 167 g/mol. The number of nitriles is 1. The van der Waals surface area contributed by atoms with Crippen molar-refractivity contribution in [3.05, 3.63) is 12.2 Å². The van der Waals surface area contributed by atoms with Crippen LogP contribution in [0.4, 0.5) is 0 Å². The Morgan fingerprint density at radius 3 is 2.50 bits per heavy atom. The third-order valence-electron chi connectivity index (χ3n) is 1.60. The topological polar surface area (TPSA) is 42.2 Å². The first kappa shape index (κ1) is 9.24. The molecular formula is C9H13NO2. The Morgan fingerprint density at radius 2 is 2.00 bits per heavy atom. The molecule has 1 rings (SSSR count). The molecule has 0 saturated carbocycles. The summed E-state index contributed by atoms with van der Waals surface area (Å²) in [5, 5.41) is 8.25. The van der Waals surface area contributed by atoms with Gasteiger partial charge in [0.1, 0.15) is 0 Å². The molecule has 12 heavy (non-hydrogen) atoms. The summed E-state index contributed by atoms with van der Waals surface area (Å²) in [4.78, 5) is 0. The van der Waals surface area contributed by atoms with Gasteiger partial charge in [-0.3, -0.25) is 0 Å². The lowest BCUT2D eigenvalue weighted by molar-refractivity contribution is -0.197. The van der Waals surface area contributed by atoms with Gasteiger partial charge in [-0.1, -0.05) is 13.8 Å². The van der Waals surface area contributed by atoms with E-state index in [-0.39, 0.29) is 11.7 Å². The maximum absolute atomic E-state index is 8.25. The largest absolute Gasteiger partial charge is 0.348 e. The highest BCUT2D eigenvalue weighted by Crippen LogP contribution is 2.22. The summed E-state index contributed by atoms with van der Waals surface area (Å²) in [5.74, 6) is 0. The fourth-order valence-electron chi connectivity index (χ4n) is 0.938. The van der Waals surface area contributed by atoms with Crippen molar-refractivity contribution in [1.82, 2.24) is 0 Å². The molecule has 0 atom stereocenters. The zero-order valence-corrected chi connectivity index (χ0v) is 7.41. The molecule has 3 heteroatoms. The smallest absolute Gasteiger partial charge is 0.177 e. The molecule has 0 aromatic rings. The summed E-state index contributed by atoms with van der Waals surface area (Å²) in [5.41, 5.74) is 0.0942. The molecule has 0 aromatic heterocycles. The van der Waals surface area contributed by atoms with Crippen LogP contribution in [0.3, 0.4) is 0 Å². The Balaban J connectivity index is 2.37. The maximum atomic E-state index is 8.25. The van der Waals surface area contributed by atoms with Crippen LogP contribution < -0.4 is 0 Å². The molecule has 0 spiro atoms. The van der Waals surface area contributed by atoms with Crippen molar-refractivity contribution in [2.75, 3.05) is 13.2 Å². The predicted molar refractivity (Wildman–Crippen MR) is 44.2 cm³/mol. The molecule has 0 bridgehead atoms. The van der Waals surface area contributed by atoms with E-state index in [1.807, 2.05) is 6.07 Å². The van der Waals surface area contributed by atoms with E-state index in [4.69, 9.17) is 14.7 Å². The lowest BCUT2D eigenvalue weighted by Gasteiger charge is -2.33. The lowest BCUT2D eigenvalue weighted by atomic mass is 9.96. The van der Waals surface area contributed by atoms with Gasteiger partial charge in [0, 0.05) is 11.5 Å². The summed E-state index contributed by atoms with van der Waals surface area (Å²) in [7, 11) is 0. The van der Waals surface area contributed by atoms with Crippen LogP contribution in [-0.4, -0.2) is 19.5 Å². The molecule has 0 unspecified atom stereocenters. The number of ether oxygens (including phenoxy) is 2. The van der Waals surface area contributed by atoms with E-state index in [1.165, 1.54) is 6.08 Å². The Labute approximate surface area is 72.6 Å². The molecule has 3 nitrogen and oxygen atoms in total. The van der Waals surface area contributed by atoms with E-state index < -0.39 is 0 Å². The summed E-state index contributed by atoms with van der Waals surface area (Å²) < 4.78 is 10.7. The van der Waals surface area contributed by atoms with Crippen LogP contribution in [0.2, 0.25) is 0 Å². The van der Waals surface area contributed by atoms with E-state index in [0.29, 0.717) is 13.2 Å². The zero-order chi connectivity index (χ0) is 9.03. The van der Waals surface area contributed by atoms with Crippen LogP contribution in [0.25, 0.3) is 0 Å². The van der Waals surface area contributed by atoms with Crippen LogP contribution in [0.1, 0.15) is 13.8 Å². The van der Waals surface area contributed by atoms with Crippen molar-refractivity contribution in [1.29, 1.82) is 5.26 Å². The Kier molecular flexibility index (Phi) is 2.85. The van der Waals surface area contributed by atoms with Crippen molar-refractivity contribution in [3.8, 4) is 6.07 Å². The third-order valence-corrected chi connectivity index (χ3v) is 1.60. The average Bonchev–Trinajstić information content (AvgIpc) is 2.03. The highest BCUT2D eigenvalue weighted by atomic mass is 16.7. The number of rotatable bonds is 1. The molecule has 0 amide bonds. The zero-order valence-electron chi connectivity index (χ0n) is 7.41. The minimum Gasteiger partial charge on any atom is -0.348 e. The fourth-order valence-corrected chi connectivity index (χ4v) is 0.938. The number of nitrogens with zero attached hydrogens (tertiary/aromatic N) is 1. The van der Waals surface area contributed by atoms with Gasteiger partial charge in [-0.05, 0) is 6.08 Å². The highest BCUT2D eigenvalue weighted by molar-refractivity contribution is 5.03. The molecular weight excluding hydrogens is 154 g/mol. The summed E-state index contributed by atoms with van der Waals surface area (Å²) in [6, 6.07) is 1.90. The minimum atomic E-state index is -0.335. The first-order valence-electron chi connectivity index (χ1n) is 3.93. The molecule has 1 aliphatic rings. The van der Waals surface area contributed by atoms with Gasteiger partial charge in [0.2, 0.25) is 0 Å². The van der Waals surface area contributed by atoms with Crippen molar-refractivity contribution >= 4 is 0 Å². The molecule has 1 heterocycles. The minimum absolute atomic E-state index is 0.0942. The second-order valence-corrected chi connectivity index (χ2v) is 3.64. The van der Waals surface area contributed by atoms with E-state index in [1.54, 1.807) is 6.08 Å². The lowest BCUT2D eigenvalue weighted by Crippen LogP contribution is -2.36. The monoisotopic (exact) mass is 167 g/mol. The van der Waals surface area contributed by atoms with Crippen LogP contribution in [0.15, 0.2) is 12.2 Å². The standard InChI is InChI=1S/C9H13NO2/c1-9(2)6-11-8(12-7-9)4-3-5-10/h3-4,8H,6-7H2,1-2H3. The number of hydrogen-bond acceptors (Lipinski definition) is 3. The second kappa shape index (κ2) is 3.70. The SMILES string of the molecule is CC1(C)COC(C=CC#N)OC1. The molecule has 1 saturated heterocycles. The van der Waals surface area contributed by atoms with Crippen molar-refractivity contribution in [3.63, 3.8) is 0 Å². The van der Waals surface area contributed by atoms with Crippen LogP contribution in [0.5, 0.6) is 0 Å². The first-order chi connectivity index (χ1) is 5.64. The third kappa shape index (κ3) is 2.65. The van der Waals surface area contributed by atoms with Crippen molar-refractivity contribution < 1.29 is 9.47 Å². The van der Waals surface area contributed by atoms with E-state index in [0.717, 1.165) is 0 Å². The molecule has 0 aromatic carbocycles.